The Hall–Kier alpha value is -3.53. The molecule has 0 aliphatic rings. The number of hydrogen-bond acceptors (Lipinski definition) is 4. The fourth-order valence-electron chi connectivity index (χ4n) is 3.34. The maximum atomic E-state index is 12.2. The fraction of sp³-hybridized carbons (Fsp3) is 0.276. The van der Waals surface area contributed by atoms with Crippen LogP contribution in [0, 0.1) is 0 Å². The third-order valence-electron chi connectivity index (χ3n) is 5.64. The lowest BCUT2D eigenvalue weighted by molar-refractivity contribution is -0.160. The molecule has 3 rings (SSSR count). The van der Waals surface area contributed by atoms with E-state index in [0.717, 1.165) is 11.3 Å². The summed E-state index contributed by atoms with van der Waals surface area (Å²) in [5.41, 5.74) is 3.73. The number of hydrogen-bond donors (Lipinski definition) is 0. The average Bonchev–Trinajstić information content (AvgIpc) is 2.85. The van der Waals surface area contributed by atoms with Crippen LogP contribution in [0.3, 0.4) is 0 Å². The van der Waals surface area contributed by atoms with Crippen LogP contribution in [0.15, 0.2) is 84.9 Å². The lowest BCUT2D eigenvalue weighted by Gasteiger charge is -2.27. The minimum atomic E-state index is -1.01. The van der Waals surface area contributed by atoms with E-state index in [2.05, 4.69) is 49.4 Å². The van der Waals surface area contributed by atoms with Gasteiger partial charge in [-0.05, 0) is 79.8 Å². The van der Waals surface area contributed by atoms with Gasteiger partial charge in [0.05, 0.1) is 6.61 Å². The molecule has 0 fully saturated rings. The van der Waals surface area contributed by atoms with E-state index in [-0.39, 0.29) is 5.97 Å². The zero-order valence-corrected chi connectivity index (χ0v) is 19.8. The Kier molecular flexibility index (Phi) is 8.31. The maximum Gasteiger partial charge on any atom is 0.350 e. The van der Waals surface area contributed by atoms with Crippen LogP contribution in [0.25, 0.3) is 16.7 Å². The highest BCUT2D eigenvalue weighted by atomic mass is 16.6. The molecule has 0 aliphatic carbocycles. The molecule has 3 aromatic carbocycles. The Balaban J connectivity index is 1.56. The zero-order valence-electron chi connectivity index (χ0n) is 19.8. The van der Waals surface area contributed by atoms with Crippen molar-refractivity contribution in [2.75, 3.05) is 13.2 Å². The van der Waals surface area contributed by atoms with Crippen molar-refractivity contribution in [1.82, 2.24) is 0 Å². The molecule has 4 heteroatoms. The van der Waals surface area contributed by atoms with E-state index < -0.39 is 5.60 Å². The summed E-state index contributed by atoms with van der Waals surface area (Å²) in [5.74, 6) is 0.982. The van der Waals surface area contributed by atoms with Crippen LogP contribution in [0.1, 0.15) is 39.7 Å². The van der Waals surface area contributed by atoms with Gasteiger partial charge in [-0.1, -0.05) is 61.5 Å². The summed E-state index contributed by atoms with van der Waals surface area (Å²) in [7, 11) is 0. The molecule has 0 heterocycles. The Labute approximate surface area is 196 Å². The highest BCUT2D eigenvalue weighted by molar-refractivity contribution is 5.79. The molecule has 3 aromatic rings. The Morgan fingerprint density at radius 2 is 1.45 bits per heavy atom. The number of rotatable bonds is 10. The Morgan fingerprint density at radius 3 is 2.06 bits per heavy atom. The smallest absolute Gasteiger partial charge is 0.350 e. The van der Waals surface area contributed by atoms with Crippen LogP contribution in [-0.4, -0.2) is 24.8 Å². The van der Waals surface area contributed by atoms with Gasteiger partial charge in [0.25, 0.3) is 0 Å². The third kappa shape index (κ3) is 6.48. The predicted octanol–water partition coefficient (Wildman–Crippen LogP) is 6.95. The molecule has 0 spiro atoms. The van der Waals surface area contributed by atoms with Crippen LogP contribution in [0.5, 0.6) is 11.5 Å². The first-order valence-corrected chi connectivity index (χ1v) is 11.4. The van der Waals surface area contributed by atoms with Gasteiger partial charge in [0, 0.05) is 0 Å². The molecule has 0 radical (unpaired) electrons. The number of benzene rings is 3. The number of esters is 1. The van der Waals surface area contributed by atoms with Crippen LogP contribution < -0.4 is 9.47 Å². The molecule has 0 saturated heterocycles. The van der Waals surface area contributed by atoms with E-state index >= 15 is 0 Å². The van der Waals surface area contributed by atoms with E-state index in [9.17, 15) is 4.79 Å². The van der Waals surface area contributed by atoms with E-state index in [4.69, 9.17) is 14.2 Å². The van der Waals surface area contributed by atoms with Crippen molar-refractivity contribution in [3.63, 3.8) is 0 Å². The minimum Gasteiger partial charge on any atom is -0.490 e. The molecule has 0 bridgehead atoms. The van der Waals surface area contributed by atoms with Crippen molar-refractivity contribution < 1.29 is 19.0 Å². The first kappa shape index (κ1) is 24.1. The SMILES string of the molecule is CCOC(=O)[C@](C)(CC)Oc1ccc(OCC=C(C)c2ccc(-c3ccccc3)cc2)cc1. The molecule has 4 nitrogen and oxygen atoms in total. The van der Waals surface area contributed by atoms with Gasteiger partial charge in [-0.25, -0.2) is 4.79 Å². The standard InChI is InChI=1S/C29H32O4/c1-5-29(4,28(30)31-6-2)33-27-18-16-26(17-19-27)32-21-20-22(3)23-12-14-25(15-13-23)24-10-8-7-9-11-24/h7-20H,5-6,21H2,1-4H3/t29-/m0/s1. The molecular weight excluding hydrogens is 412 g/mol. The highest BCUT2D eigenvalue weighted by Gasteiger charge is 2.35. The molecule has 0 saturated carbocycles. The molecule has 33 heavy (non-hydrogen) atoms. The van der Waals surface area contributed by atoms with Crippen molar-refractivity contribution in [2.45, 2.75) is 39.7 Å². The van der Waals surface area contributed by atoms with Crippen molar-refractivity contribution >= 4 is 11.5 Å². The molecule has 0 aliphatic heterocycles. The van der Waals surface area contributed by atoms with Crippen LogP contribution in [0.2, 0.25) is 0 Å². The lowest BCUT2D eigenvalue weighted by atomic mass is 10.0. The Morgan fingerprint density at radius 1 is 0.848 bits per heavy atom. The zero-order chi connectivity index (χ0) is 23.7. The number of carbonyl (C=O) groups excluding carboxylic acids is 1. The maximum absolute atomic E-state index is 12.2. The third-order valence-corrected chi connectivity index (χ3v) is 5.64. The quantitative estimate of drug-likeness (QED) is 0.318. The Bertz CT molecular complexity index is 1050. The second kappa shape index (κ2) is 11.4. The average molecular weight is 445 g/mol. The van der Waals surface area contributed by atoms with Gasteiger partial charge in [0.1, 0.15) is 18.1 Å². The molecular formula is C29H32O4. The first-order valence-electron chi connectivity index (χ1n) is 11.4. The number of carbonyl (C=O) groups is 1. The lowest BCUT2D eigenvalue weighted by Crippen LogP contribution is -2.42. The van der Waals surface area contributed by atoms with Crippen LogP contribution in [0.4, 0.5) is 0 Å². The summed E-state index contributed by atoms with van der Waals surface area (Å²) < 4.78 is 16.9. The molecule has 0 aromatic heterocycles. The molecule has 0 N–H and O–H groups in total. The van der Waals surface area contributed by atoms with E-state index in [0.29, 0.717) is 25.4 Å². The van der Waals surface area contributed by atoms with E-state index in [1.165, 1.54) is 16.7 Å². The number of allylic oxidation sites excluding steroid dienone is 1. The van der Waals surface area contributed by atoms with Gasteiger partial charge in [-0.15, -0.1) is 0 Å². The minimum absolute atomic E-state index is 0.328. The van der Waals surface area contributed by atoms with Gasteiger partial charge in [-0.2, -0.15) is 0 Å². The highest BCUT2D eigenvalue weighted by Crippen LogP contribution is 2.26. The second-order valence-electron chi connectivity index (χ2n) is 8.02. The van der Waals surface area contributed by atoms with E-state index in [1.54, 1.807) is 26.0 Å². The molecule has 0 unspecified atom stereocenters. The summed E-state index contributed by atoms with van der Waals surface area (Å²) in [6.45, 7) is 8.30. The van der Waals surface area contributed by atoms with Crippen molar-refractivity contribution in [2.24, 2.45) is 0 Å². The summed E-state index contributed by atoms with van der Waals surface area (Å²) >= 11 is 0. The van der Waals surface area contributed by atoms with Crippen molar-refractivity contribution in [3.8, 4) is 22.6 Å². The normalized spacial score (nSPS) is 13.2. The largest absolute Gasteiger partial charge is 0.490 e. The fourth-order valence-corrected chi connectivity index (χ4v) is 3.34. The first-order chi connectivity index (χ1) is 15.9. The van der Waals surface area contributed by atoms with Gasteiger partial charge in [0.2, 0.25) is 5.60 Å². The number of ether oxygens (including phenoxy) is 3. The predicted molar refractivity (Wildman–Crippen MR) is 133 cm³/mol. The topological polar surface area (TPSA) is 44.8 Å². The van der Waals surface area contributed by atoms with Crippen LogP contribution in [-0.2, 0) is 9.53 Å². The van der Waals surface area contributed by atoms with Gasteiger partial charge in [-0.3, -0.25) is 0 Å². The molecule has 1 atom stereocenters. The molecule has 172 valence electrons. The van der Waals surface area contributed by atoms with Crippen molar-refractivity contribution in [1.29, 1.82) is 0 Å². The monoisotopic (exact) mass is 444 g/mol. The summed E-state index contributed by atoms with van der Waals surface area (Å²) in [6, 6.07) is 26.2. The van der Waals surface area contributed by atoms with Gasteiger partial charge >= 0.3 is 5.97 Å². The van der Waals surface area contributed by atoms with Crippen molar-refractivity contribution in [3.05, 3.63) is 90.5 Å². The van der Waals surface area contributed by atoms with Crippen LogP contribution >= 0.6 is 0 Å². The van der Waals surface area contributed by atoms with Gasteiger partial charge < -0.3 is 14.2 Å². The summed E-state index contributed by atoms with van der Waals surface area (Å²) in [5, 5.41) is 0. The summed E-state index contributed by atoms with van der Waals surface area (Å²) in [6.07, 6.45) is 2.58. The second-order valence-corrected chi connectivity index (χ2v) is 8.02. The van der Waals surface area contributed by atoms with E-state index in [1.807, 2.05) is 37.3 Å². The molecule has 0 amide bonds. The van der Waals surface area contributed by atoms with Gasteiger partial charge in [0.15, 0.2) is 0 Å². The summed E-state index contributed by atoms with van der Waals surface area (Å²) in [4.78, 5) is 12.2.